The number of hydrogen-bond donors (Lipinski definition) is 0. The minimum absolute atomic E-state index is 0.0716. The van der Waals surface area contributed by atoms with E-state index in [9.17, 15) is 13.2 Å². The highest BCUT2D eigenvalue weighted by Gasteiger charge is 2.36. The summed E-state index contributed by atoms with van der Waals surface area (Å²) < 4.78 is 39.6. The van der Waals surface area contributed by atoms with Gasteiger partial charge < -0.3 is 4.90 Å². The Morgan fingerprint density at radius 3 is 2.44 bits per heavy atom. The van der Waals surface area contributed by atoms with Crippen molar-refractivity contribution in [2.45, 2.75) is 33.1 Å². The van der Waals surface area contributed by atoms with Crippen LogP contribution in [0.15, 0.2) is 6.07 Å². The van der Waals surface area contributed by atoms with Crippen LogP contribution in [0.1, 0.15) is 33.1 Å². The Balaban J connectivity index is 2.27. The average molecular weight is 258 g/mol. The van der Waals surface area contributed by atoms with E-state index in [0.29, 0.717) is 19.2 Å². The minimum Gasteiger partial charge on any atom is -0.354 e. The Labute approximate surface area is 105 Å². The van der Waals surface area contributed by atoms with Crippen LogP contribution in [0, 0.1) is 23.0 Å². The van der Waals surface area contributed by atoms with Crippen LogP contribution in [-0.4, -0.2) is 18.1 Å². The fourth-order valence-electron chi connectivity index (χ4n) is 2.60. The van der Waals surface area contributed by atoms with E-state index >= 15 is 0 Å². The van der Waals surface area contributed by atoms with Crippen molar-refractivity contribution in [3.8, 4) is 0 Å². The molecule has 1 fully saturated rings. The molecule has 100 valence electrons. The summed E-state index contributed by atoms with van der Waals surface area (Å²) in [6.45, 7) is 5.48. The lowest BCUT2D eigenvalue weighted by molar-refractivity contribution is 0.301. The molecule has 1 aliphatic rings. The molecular weight excluding hydrogens is 241 g/mol. The maximum atomic E-state index is 13.6. The topological polar surface area (TPSA) is 16.1 Å². The van der Waals surface area contributed by atoms with Crippen LogP contribution in [-0.2, 0) is 0 Å². The SMILES string of the molecule is CCC1(CC)CCN(c2nc(F)c(F)cc2F)C1. The van der Waals surface area contributed by atoms with Crippen molar-refractivity contribution in [2.24, 2.45) is 5.41 Å². The Hall–Kier alpha value is -1.26. The van der Waals surface area contributed by atoms with Crippen molar-refractivity contribution in [3.63, 3.8) is 0 Å². The fourth-order valence-corrected chi connectivity index (χ4v) is 2.60. The molecule has 0 N–H and O–H groups in total. The smallest absolute Gasteiger partial charge is 0.251 e. The van der Waals surface area contributed by atoms with Gasteiger partial charge in [-0.3, -0.25) is 0 Å². The van der Waals surface area contributed by atoms with E-state index in [1.54, 1.807) is 4.90 Å². The van der Waals surface area contributed by atoms with E-state index in [1.165, 1.54) is 0 Å². The summed E-state index contributed by atoms with van der Waals surface area (Å²) in [7, 11) is 0. The molecule has 1 saturated heterocycles. The second kappa shape index (κ2) is 4.78. The van der Waals surface area contributed by atoms with Gasteiger partial charge in [-0.05, 0) is 24.7 Å². The third-order valence-corrected chi connectivity index (χ3v) is 4.11. The Kier molecular flexibility index (Phi) is 3.50. The van der Waals surface area contributed by atoms with Gasteiger partial charge in [0.05, 0.1) is 0 Å². The molecule has 0 radical (unpaired) electrons. The van der Waals surface area contributed by atoms with Crippen molar-refractivity contribution in [1.29, 1.82) is 0 Å². The summed E-state index contributed by atoms with van der Waals surface area (Å²) >= 11 is 0. The summed E-state index contributed by atoms with van der Waals surface area (Å²) in [6.07, 6.45) is 2.91. The number of rotatable bonds is 3. The van der Waals surface area contributed by atoms with Crippen LogP contribution in [0.5, 0.6) is 0 Å². The van der Waals surface area contributed by atoms with Crippen LogP contribution in [0.25, 0.3) is 0 Å². The maximum Gasteiger partial charge on any atom is 0.251 e. The lowest BCUT2D eigenvalue weighted by Gasteiger charge is -2.26. The second-order valence-corrected chi connectivity index (χ2v) is 4.95. The largest absolute Gasteiger partial charge is 0.354 e. The molecule has 2 heterocycles. The molecule has 2 rings (SSSR count). The molecule has 5 heteroatoms. The first-order chi connectivity index (χ1) is 8.51. The van der Waals surface area contributed by atoms with Gasteiger partial charge in [0.25, 0.3) is 5.95 Å². The quantitative estimate of drug-likeness (QED) is 0.771. The summed E-state index contributed by atoms with van der Waals surface area (Å²) in [5.74, 6) is -3.35. The Morgan fingerprint density at radius 2 is 1.89 bits per heavy atom. The van der Waals surface area contributed by atoms with E-state index in [0.717, 1.165) is 19.3 Å². The van der Waals surface area contributed by atoms with Crippen molar-refractivity contribution in [2.75, 3.05) is 18.0 Å². The fraction of sp³-hybridized carbons (Fsp3) is 0.615. The molecule has 0 spiro atoms. The van der Waals surface area contributed by atoms with Gasteiger partial charge in [-0.15, -0.1) is 0 Å². The van der Waals surface area contributed by atoms with Crippen molar-refractivity contribution >= 4 is 5.82 Å². The molecule has 0 bridgehead atoms. The van der Waals surface area contributed by atoms with Crippen LogP contribution in [0.4, 0.5) is 19.0 Å². The molecule has 1 aliphatic heterocycles. The molecule has 2 nitrogen and oxygen atoms in total. The third-order valence-electron chi connectivity index (χ3n) is 4.11. The van der Waals surface area contributed by atoms with Gasteiger partial charge >= 0.3 is 0 Å². The lowest BCUT2D eigenvalue weighted by Crippen LogP contribution is -2.27. The molecular formula is C13H17F3N2. The lowest BCUT2D eigenvalue weighted by atomic mass is 9.82. The zero-order valence-electron chi connectivity index (χ0n) is 10.6. The number of pyridine rings is 1. The molecule has 0 amide bonds. The zero-order chi connectivity index (χ0) is 13.3. The van der Waals surface area contributed by atoms with E-state index in [-0.39, 0.29) is 11.2 Å². The Morgan fingerprint density at radius 1 is 1.22 bits per heavy atom. The van der Waals surface area contributed by atoms with Gasteiger partial charge in [-0.25, -0.2) is 8.78 Å². The van der Waals surface area contributed by atoms with E-state index in [2.05, 4.69) is 18.8 Å². The van der Waals surface area contributed by atoms with E-state index in [4.69, 9.17) is 0 Å². The predicted molar refractivity (Wildman–Crippen MR) is 64.0 cm³/mol. The van der Waals surface area contributed by atoms with Gasteiger partial charge in [-0.1, -0.05) is 13.8 Å². The number of halogens is 3. The molecule has 0 saturated carbocycles. The van der Waals surface area contributed by atoms with E-state index in [1.807, 2.05) is 0 Å². The summed E-state index contributed by atoms with van der Waals surface area (Å²) in [4.78, 5) is 5.11. The summed E-state index contributed by atoms with van der Waals surface area (Å²) in [5, 5.41) is 0. The first kappa shape index (κ1) is 13.2. The highest BCUT2D eigenvalue weighted by atomic mass is 19.2. The average Bonchev–Trinajstić information content (AvgIpc) is 2.79. The van der Waals surface area contributed by atoms with Gasteiger partial charge in [0.1, 0.15) is 0 Å². The molecule has 0 aliphatic carbocycles. The van der Waals surface area contributed by atoms with Crippen LogP contribution < -0.4 is 4.90 Å². The van der Waals surface area contributed by atoms with Gasteiger partial charge in [0.2, 0.25) is 0 Å². The first-order valence-corrected chi connectivity index (χ1v) is 6.28. The predicted octanol–water partition coefficient (Wildman–Crippen LogP) is 3.52. The Bertz CT molecular complexity index is 444. The van der Waals surface area contributed by atoms with Gasteiger partial charge in [0, 0.05) is 19.2 Å². The van der Waals surface area contributed by atoms with Crippen LogP contribution in [0.2, 0.25) is 0 Å². The van der Waals surface area contributed by atoms with Crippen LogP contribution >= 0.6 is 0 Å². The number of hydrogen-bond acceptors (Lipinski definition) is 2. The molecule has 0 unspecified atom stereocenters. The zero-order valence-corrected chi connectivity index (χ0v) is 10.6. The van der Waals surface area contributed by atoms with Crippen LogP contribution in [0.3, 0.4) is 0 Å². The van der Waals surface area contributed by atoms with Gasteiger partial charge in [0.15, 0.2) is 17.5 Å². The molecule has 1 aromatic heterocycles. The number of nitrogens with zero attached hydrogens (tertiary/aromatic N) is 2. The highest BCUT2D eigenvalue weighted by Crippen LogP contribution is 2.39. The highest BCUT2D eigenvalue weighted by molar-refractivity contribution is 5.42. The third kappa shape index (κ3) is 2.18. The van der Waals surface area contributed by atoms with Crippen molar-refractivity contribution in [1.82, 2.24) is 4.98 Å². The second-order valence-electron chi connectivity index (χ2n) is 4.95. The summed E-state index contributed by atoms with van der Waals surface area (Å²) in [5.41, 5.74) is 0.138. The normalized spacial score (nSPS) is 18.4. The van der Waals surface area contributed by atoms with Crippen molar-refractivity contribution in [3.05, 3.63) is 23.6 Å². The molecule has 0 aromatic carbocycles. The van der Waals surface area contributed by atoms with Crippen molar-refractivity contribution < 1.29 is 13.2 Å². The standard InChI is InChI=1S/C13H17F3N2/c1-3-13(4-2)5-6-18(8-13)12-10(15)7-9(14)11(16)17-12/h7H,3-6,8H2,1-2H3. The maximum absolute atomic E-state index is 13.6. The molecule has 1 aromatic rings. The van der Waals surface area contributed by atoms with Gasteiger partial charge in [-0.2, -0.15) is 9.37 Å². The molecule has 0 atom stereocenters. The monoisotopic (exact) mass is 258 g/mol. The minimum atomic E-state index is -1.24. The number of anilines is 1. The van der Waals surface area contributed by atoms with E-state index < -0.39 is 17.6 Å². The molecule has 18 heavy (non-hydrogen) atoms. The number of aromatic nitrogens is 1. The summed E-state index contributed by atoms with van der Waals surface area (Å²) in [6, 6.07) is 0.565. The first-order valence-electron chi connectivity index (χ1n) is 6.28.